The Hall–Kier alpha value is -3.24. The average Bonchev–Trinajstić information content (AvgIpc) is 2.88. The standard InChI is InChI=1S/C28H27F2N3OS/c29-28(30)14-12-25(26(19-28)27(34)33-17-15-31)24-7-2-1-6-23(24)20-8-10-22(11-9-20)35-18-13-21-5-3-4-16-32-21/h1-11,16,25-26H,12-14,17-19H2,(H,33,34)/t25-,26+/m0/s1. The maximum absolute atomic E-state index is 14.3. The van der Waals surface area contributed by atoms with Crippen LogP contribution in [0, 0.1) is 17.2 Å². The molecule has 0 saturated heterocycles. The SMILES string of the molecule is N#CCNC(=O)[C@@H]1CC(F)(F)CC[C@H]1c1ccccc1-c1ccc(SCCc2ccccn2)cc1. The van der Waals surface area contributed by atoms with Gasteiger partial charge in [-0.25, -0.2) is 8.78 Å². The van der Waals surface area contributed by atoms with Gasteiger partial charge >= 0.3 is 0 Å². The van der Waals surface area contributed by atoms with E-state index in [1.807, 2.05) is 60.7 Å². The number of aryl methyl sites for hydroxylation is 1. The molecule has 1 amide bonds. The lowest BCUT2D eigenvalue weighted by Crippen LogP contribution is -2.41. The monoisotopic (exact) mass is 491 g/mol. The second-order valence-corrected chi connectivity index (χ2v) is 9.89. The van der Waals surface area contributed by atoms with Crippen LogP contribution in [0.2, 0.25) is 0 Å². The Bertz CT molecular complexity index is 1180. The van der Waals surface area contributed by atoms with Crippen molar-refractivity contribution in [2.75, 3.05) is 12.3 Å². The van der Waals surface area contributed by atoms with Crippen molar-refractivity contribution in [3.05, 3.63) is 84.2 Å². The molecular formula is C28H27F2N3OS. The number of nitrogens with one attached hydrogen (secondary N) is 1. The van der Waals surface area contributed by atoms with Gasteiger partial charge in [-0.2, -0.15) is 5.26 Å². The molecule has 1 aliphatic rings. The Kier molecular flexibility index (Phi) is 8.14. The van der Waals surface area contributed by atoms with Crippen molar-refractivity contribution in [1.82, 2.24) is 10.3 Å². The van der Waals surface area contributed by atoms with Crippen LogP contribution in [0.15, 0.2) is 77.8 Å². The van der Waals surface area contributed by atoms with Crippen LogP contribution in [0.4, 0.5) is 8.78 Å². The Morgan fingerprint density at radius 1 is 1.11 bits per heavy atom. The maximum Gasteiger partial charge on any atom is 0.249 e. The number of hydrogen-bond donors (Lipinski definition) is 1. The van der Waals surface area contributed by atoms with E-state index in [1.165, 1.54) is 0 Å². The lowest BCUT2D eigenvalue weighted by Gasteiger charge is -2.36. The number of amides is 1. The third kappa shape index (κ3) is 6.46. The Morgan fingerprint density at radius 2 is 1.89 bits per heavy atom. The van der Waals surface area contributed by atoms with Gasteiger partial charge in [0, 0.05) is 35.4 Å². The molecule has 2 aromatic carbocycles. The van der Waals surface area contributed by atoms with E-state index < -0.39 is 24.2 Å². The molecule has 2 atom stereocenters. The number of nitriles is 1. The van der Waals surface area contributed by atoms with Crippen molar-refractivity contribution in [2.45, 2.75) is 42.4 Å². The van der Waals surface area contributed by atoms with E-state index in [9.17, 15) is 13.6 Å². The minimum Gasteiger partial charge on any atom is -0.343 e. The minimum absolute atomic E-state index is 0.186. The molecule has 4 rings (SSSR count). The molecule has 1 aromatic heterocycles. The molecule has 1 saturated carbocycles. The number of pyridine rings is 1. The maximum atomic E-state index is 14.3. The molecule has 0 unspecified atom stereocenters. The quantitative estimate of drug-likeness (QED) is 0.299. The molecule has 180 valence electrons. The van der Waals surface area contributed by atoms with Gasteiger partial charge in [0.15, 0.2) is 0 Å². The molecule has 1 N–H and O–H groups in total. The Labute approximate surface area is 208 Å². The smallest absolute Gasteiger partial charge is 0.249 e. The van der Waals surface area contributed by atoms with Crippen molar-refractivity contribution in [2.24, 2.45) is 5.92 Å². The van der Waals surface area contributed by atoms with Gasteiger partial charge in [0.25, 0.3) is 0 Å². The number of benzene rings is 2. The average molecular weight is 492 g/mol. The highest BCUT2D eigenvalue weighted by molar-refractivity contribution is 7.99. The summed E-state index contributed by atoms with van der Waals surface area (Å²) in [5, 5.41) is 11.3. The number of hydrogen-bond acceptors (Lipinski definition) is 4. The van der Waals surface area contributed by atoms with Gasteiger partial charge in [0.2, 0.25) is 11.8 Å². The van der Waals surface area contributed by atoms with E-state index in [-0.39, 0.29) is 25.3 Å². The molecule has 1 heterocycles. The van der Waals surface area contributed by atoms with E-state index in [0.717, 1.165) is 39.5 Å². The van der Waals surface area contributed by atoms with Crippen molar-refractivity contribution in [3.63, 3.8) is 0 Å². The molecule has 4 nitrogen and oxygen atoms in total. The molecule has 35 heavy (non-hydrogen) atoms. The lowest BCUT2D eigenvalue weighted by atomic mass is 9.72. The van der Waals surface area contributed by atoms with Gasteiger partial charge < -0.3 is 5.32 Å². The number of rotatable bonds is 8. The van der Waals surface area contributed by atoms with Crippen LogP contribution in [-0.2, 0) is 11.2 Å². The van der Waals surface area contributed by atoms with Crippen molar-refractivity contribution < 1.29 is 13.6 Å². The lowest BCUT2D eigenvalue weighted by molar-refractivity contribution is -0.133. The second-order valence-electron chi connectivity index (χ2n) is 8.72. The summed E-state index contributed by atoms with van der Waals surface area (Å²) >= 11 is 1.76. The summed E-state index contributed by atoms with van der Waals surface area (Å²) in [7, 11) is 0. The fourth-order valence-corrected chi connectivity index (χ4v) is 5.55. The second kappa shape index (κ2) is 11.5. The van der Waals surface area contributed by atoms with Crippen molar-refractivity contribution >= 4 is 17.7 Å². The number of thioether (sulfide) groups is 1. The van der Waals surface area contributed by atoms with Gasteiger partial charge in [0.05, 0.1) is 12.0 Å². The molecule has 0 radical (unpaired) electrons. The van der Waals surface area contributed by atoms with Gasteiger partial charge in [-0.3, -0.25) is 9.78 Å². The summed E-state index contributed by atoms with van der Waals surface area (Å²) in [6, 6.07) is 23.7. The van der Waals surface area contributed by atoms with Gasteiger partial charge in [-0.1, -0.05) is 42.5 Å². The fraction of sp³-hybridized carbons (Fsp3) is 0.321. The van der Waals surface area contributed by atoms with E-state index in [4.69, 9.17) is 5.26 Å². The number of aromatic nitrogens is 1. The summed E-state index contributed by atoms with van der Waals surface area (Å²) in [5.41, 5.74) is 3.90. The molecule has 1 aliphatic carbocycles. The van der Waals surface area contributed by atoms with Crippen LogP contribution in [0.1, 0.15) is 36.4 Å². The zero-order valence-corrected chi connectivity index (χ0v) is 20.1. The highest BCUT2D eigenvalue weighted by Gasteiger charge is 2.45. The molecule has 0 bridgehead atoms. The zero-order chi connectivity index (χ0) is 24.7. The first-order valence-electron chi connectivity index (χ1n) is 11.7. The fourth-order valence-electron chi connectivity index (χ4n) is 4.67. The zero-order valence-electron chi connectivity index (χ0n) is 19.3. The van der Waals surface area contributed by atoms with Gasteiger partial charge in [-0.15, -0.1) is 11.8 Å². The molecule has 7 heteroatoms. The van der Waals surface area contributed by atoms with Crippen LogP contribution in [0.5, 0.6) is 0 Å². The highest BCUT2D eigenvalue weighted by Crippen LogP contribution is 2.47. The predicted octanol–water partition coefficient (Wildman–Crippen LogP) is 6.24. The summed E-state index contributed by atoms with van der Waals surface area (Å²) in [6.45, 7) is -0.186. The summed E-state index contributed by atoms with van der Waals surface area (Å²) in [4.78, 5) is 18.2. The van der Waals surface area contributed by atoms with Crippen LogP contribution in [0.25, 0.3) is 11.1 Å². The third-order valence-corrected chi connectivity index (χ3v) is 7.40. The Balaban J connectivity index is 1.52. The van der Waals surface area contributed by atoms with E-state index in [2.05, 4.69) is 22.4 Å². The van der Waals surface area contributed by atoms with Crippen LogP contribution >= 0.6 is 11.8 Å². The number of halogens is 2. The third-order valence-electron chi connectivity index (χ3n) is 6.38. The first-order valence-corrected chi connectivity index (χ1v) is 12.7. The van der Waals surface area contributed by atoms with Crippen LogP contribution in [-0.4, -0.2) is 29.1 Å². The van der Waals surface area contributed by atoms with Crippen LogP contribution in [0.3, 0.4) is 0 Å². The Morgan fingerprint density at radius 3 is 2.63 bits per heavy atom. The summed E-state index contributed by atoms with van der Waals surface area (Å²) in [6.07, 6.45) is 2.15. The largest absolute Gasteiger partial charge is 0.343 e. The van der Waals surface area contributed by atoms with Gasteiger partial charge in [-0.05, 0) is 59.7 Å². The predicted molar refractivity (Wildman–Crippen MR) is 134 cm³/mol. The molecule has 1 fully saturated rings. The van der Waals surface area contributed by atoms with E-state index in [0.29, 0.717) is 0 Å². The number of alkyl halides is 2. The topological polar surface area (TPSA) is 65.8 Å². The minimum atomic E-state index is -2.88. The highest BCUT2D eigenvalue weighted by atomic mass is 32.2. The van der Waals surface area contributed by atoms with E-state index in [1.54, 1.807) is 18.0 Å². The van der Waals surface area contributed by atoms with Crippen LogP contribution < -0.4 is 5.32 Å². The molecule has 3 aromatic rings. The number of nitrogens with zero attached hydrogens (tertiary/aromatic N) is 2. The number of carbonyl (C=O) groups is 1. The number of carbonyl (C=O) groups excluding carboxylic acids is 1. The van der Waals surface area contributed by atoms with Crippen molar-refractivity contribution in [1.29, 1.82) is 5.26 Å². The molecule has 0 aliphatic heterocycles. The van der Waals surface area contributed by atoms with E-state index >= 15 is 0 Å². The normalized spacial score (nSPS) is 19.0. The molecule has 0 spiro atoms. The summed E-state index contributed by atoms with van der Waals surface area (Å²) in [5.74, 6) is -3.66. The summed E-state index contributed by atoms with van der Waals surface area (Å²) < 4.78 is 28.5. The van der Waals surface area contributed by atoms with Crippen molar-refractivity contribution in [3.8, 4) is 17.2 Å². The molecular weight excluding hydrogens is 464 g/mol. The van der Waals surface area contributed by atoms with Gasteiger partial charge in [0.1, 0.15) is 6.54 Å². The first-order chi connectivity index (χ1) is 17.0. The first kappa shape index (κ1) is 24.9.